The van der Waals surface area contributed by atoms with Crippen LogP contribution in [-0.2, 0) is 10.5 Å². The van der Waals surface area contributed by atoms with E-state index in [-0.39, 0.29) is 5.91 Å². The van der Waals surface area contributed by atoms with E-state index in [1.807, 2.05) is 18.2 Å². The predicted octanol–water partition coefficient (Wildman–Crippen LogP) is 4.29. The first-order valence-electron chi connectivity index (χ1n) is 6.47. The summed E-state index contributed by atoms with van der Waals surface area (Å²) in [7, 11) is 0. The van der Waals surface area contributed by atoms with E-state index in [0.717, 1.165) is 18.4 Å². The second kappa shape index (κ2) is 7.41. The highest BCUT2D eigenvalue weighted by Crippen LogP contribution is 2.28. The van der Waals surface area contributed by atoms with E-state index >= 15 is 0 Å². The van der Waals surface area contributed by atoms with Crippen molar-refractivity contribution in [2.24, 2.45) is 0 Å². The van der Waals surface area contributed by atoms with Gasteiger partial charge in [0.15, 0.2) is 0 Å². The number of hydrogen-bond acceptors (Lipinski definition) is 2. The van der Waals surface area contributed by atoms with E-state index in [4.69, 9.17) is 23.2 Å². The molecule has 5 heteroatoms. The zero-order valence-corrected chi connectivity index (χ0v) is 13.0. The summed E-state index contributed by atoms with van der Waals surface area (Å²) in [5.74, 6) is 1.23. The Bertz CT molecular complexity index is 427. The SMILES string of the molecule is O=C(CSCc1c(Cl)cccc1Cl)NC1CCCC1. The Hall–Kier alpha value is -0.380. The van der Waals surface area contributed by atoms with Crippen LogP contribution in [0.3, 0.4) is 0 Å². The summed E-state index contributed by atoms with van der Waals surface area (Å²) in [6, 6.07) is 5.85. The molecule has 1 N–H and O–H groups in total. The molecule has 1 amide bonds. The lowest BCUT2D eigenvalue weighted by atomic mass is 10.2. The van der Waals surface area contributed by atoms with E-state index in [1.54, 1.807) is 11.8 Å². The molecule has 1 aliphatic carbocycles. The lowest BCUT2D eigenvalue weighted by Gasteiger charge is -2.12. The van der Waals surface area contributed by atoms with Crippen molar-refractivity contribution in [2.75, 3.05) is 5.75 Å². The van der Waals surface area contributed by atoms with Crippen LogP contribution in [0, 0.1) is 0 Å². The third-order valence-electron chi connectivity index (χ3n) is 3.26. The van der Waals surface area contributed by atoms with E-state index in [1.165, 1.54) is 12.8 Å². The summed E-state index contributed by atoms with van der Waals surface area (Å²) in [4.78, 5) is 11.8. The first kappa shape index (κ1) is 15.0. The van der Waals surface area contributed by atoms with Gasteiger partial charge in [-0.1, -0.05) is 42.1 Å². The normalized spacial score (nSPS) is 15.7. The third-order valence-corrected chi connectivity index (χ3v) is 4.93. The Balaban J connectivity index is 1.75. The van der Waals surface area contributed by atoms with Crippen molar-refractivity contribution in [1.29, 1.82) is 0 Å². The molecule has 0 heterocycles. The molecular formula is C14H17Cl2NOS. The second-order valence-electron chi connectivity index (χ2n) is 4.74. The van der Waals surface area contributed by atoms with Crippen LogP contribution < -0.4 is 5.32 Å². The highest BCUT2D eigenvalue weighted by molar-refractivity contribution is 7.99. The maximum Gasteiger partial charge on any atom is 0.230 e. The first-order valence-corrected chi connectivity index (χ1v) is 8.38. The summed E-state index contributed by atoms with van der Waals surface area (Å²) >= 11 is 13.7. The topological polar surface area (TPSA) is 29.1 Å². The Kier molecular flexibility index (Phi) is 5.86. The summed E-state index contributed by atoms with van der Waals surface area (Å²) in [5, 5.41) is 4.39. The maximum absolute atomic E-state index is 11.8. The predicted molar refractivity (Wildman–Crippen MR) is 83.0 cm³/mol. The molecule has 1 aromatic carbocycles. The number of benzene rings is 1. The molecule has 0 bridgehead atoms. The molecular weight excluding hydrogens is 301 g/mol. The summed E-state index contributed by atoms with van der Waals surface area (Å²) in [6.07, 6.45) is 4.69. The average molecular weight is 318 g/mol. The quantitative estimate of drug-likeness (QED) is 0.878. The van der Waals surface area contributed by atoms with Crippen molar-refractivity contribution in [3.05, 3.63) is 33.8 Å². The molecule has 104 valence electrons. The Morgan fingerprint density at radius 2 is 1.89 bits per heavy atom. The van der Waals surface area contributed by atoms with Gasteiger partial charge in [-0.05, 0) is 30.5 Å². The number of nitrogens with one attached hydrogen (secondary N) is 1. The van der Waals surface area contributed by atoms with Crippen molar-refractivity contribution in [3.63, 3.8) is 0 Å². The van der Waals surface area contributed by atoms with Gasteiger partial charge in [-0.3, -0.25) is 4.79 Å². The minimum Gasteiger partial charge on any atom is -0.353 e. The molecule has 0 radical (unpaired) electrons. The van der Waals surface area contributed by atoms with E-state index in [9.17, 15) is 4.79 Å². The smallest absolute Gasteiger partial charge is 0.230 e. The fourth-order valence-electron chi connectivity index (χ4n) is 2.26. The fraction of sp³-hybridized carbons (Fsp3) is 0.500. The zero-order chi connectivity index (χ0) is 13.7. The minimum atomic E-state index is 0.111. The molecule has 1 fully saturated rings. The summed E-state index contributed by atoms with van der Waals surface area (Å²) in [6.45, 7) is 0. The van der Waals surface area contributed by atoms with Crippen LogP contribution in [0.2, 0.25) is 10.0 Å². The largest absolute Gasteiger partial charge is 0.353 e. The Morgan fingerprint density at radius 3 is 2.53 bits per heavy atom. The number of carbonyl (C=O) groups excluding carboxylic acids is 1. The maximum atomic E-state index is 11.8. The number of amides is 1. The number of thioether (sulfide) groups is 1. The molecule has 19 heavy (non-hydrogen) atoms. The highest BCUT2D eigenvalue weighted by atomic mass is 35.5. The van der Waals surface area contributed by atoms with Gasteiger partial charge in [0.05, 0.1) is 5.75 Å². The number of halogens is 2. The van der Waals surface area contributed by atoms with E-state index in [0.29, 0.717) is 27.6 Å². The van der Waals surface area contributed by atoms with Crippen molar-refractivity contribution < 1.29 is 4.79 Å². The molecule has 2 rings (SSSR count). The van der Waals surface area contributed by atoms with Gasteiger partial charge in [0.25, 0.3) is 0 Å². The second-order valence-corrected chi connectivity index (χ2v) is 6.54. The molecule has 0 spiro atoms. The standard InChI is InChI=1S/C14H17Cl2NOS/c15-12-6-3-7-13(16)11(12)8-19-9-14(18)17-10-4-1-2-5-10/h3,6-7,10H,1-2,4-5,8-9H2,(H,17,18). The van der Waals surface area contributed by atoms with Gasteiger partial charge in [0.2, 0.25) is 5.91 Å². The Morgan fingerprint density at radius 1 is 1.26 bits per heavy atom. The van der Waals surface area contributed by atoms with Gasteiger partial charge in [0, 0.05) is 21.8 Å². The number of hydrogen-bond donors (Lipinski definition) is 1. The van der Waals surface area contributed by atoms with Gasteiger partial charge in [-0.25, -0.2) is 0 Å². The van der Waals surface area contributed by atoms with E-state index < -0.39 is 0 Å². The molecule has 1 aromatic rings. The zero-order valence-electron chi connectivity index (χ0n) is 10.6. The third kappa shape index (κ3) is 4.59. The molecule has 0 aromatic heterocycles. The lowest BCUT2D eigenvalue weighted by Crippen LogP contribution is -2.33. The molecule has 0 aliphatic heterocycles. The molecule has 0 atom stereocenters. The van der Waals surface area contributed by atoms with Gasteiger partial charge in [0.1, 0.15) is 0 Å². The van der Waals surface area contributed by atoms with Gasteiger partial charge >= 0.3 is 0 Å². The monoisotopic (exact) mass is 317 g/mol. The molecule has 2 nitrogen and oxygen atoms in total. The van der Waals surface area contributed by atoms with Crippen LogP contribution in [0.15, 0.2) is 18.2 Å². The van der Waals surface area contributed by atoms with Gasteiger partial charge in [-0.2, -0.15) is 0 Å². The molecule has 0 unspecified atom stereocenters. The van der Waals surface area contributed by atoms with Crippen molar-refractivity contribution in [1.82, 2.24) is 5.32 Å². The van der Waals surface area contributed by atoms with Gasteiger partial charge < -0.3 is 5.32 Å². The van der Waals surface area contributed by atoms with Crippen LogP contribution in [0.4, 0.5) is 0 Å². The number of rotatable bonds is 5. The number of carbonyl (C=O) groups is 1. The van der Waals surface area contributed by atoms with Crippen molar-refractivity contribution in [3.8, 4) is 0 Å². The fourth-order valence-corrected chi connectivity index (χ4v) is 3.83. The highest BCUT2D eigenvalue weighted by Gasteiger charge is 2.17. The molecule has 1 aliphatic rings. The molecule has 1 saturated carbocycles. The Labute approximate surface area is 128 Å². The van der Waals surface area contributed by atoms with Crippen molar-refractivity contribution >= 4 is 40.9 Å². The van der Waals surface area contributed by atoms with Crippen LogP contribution >= 0.6 is 35.0 Å². The molecule has 0 saturated heterocycles. The van der Waals surface area contributed by atoms with E-state index in [2.05, 4.69) is 5.32 Å². The van der Waals surface area contributed by atoms with Crippen molar-refractivity contribution in [2.45, 2.75) is 37.5 Å². The van der Waals surface area contributed by atoms with Crippen LogP contribution in [0.5, 0.6) is 0 Å². The van der Waals surface area contributed by atoms with Crippen LogP contribution in [0.1, 0.15) is 31.2 Å². The summed E-state index contributed by atoms with van der Waals surface area (Å²) in [5.41, 5.74) is 0.907. The minimum absolute atomic E-state index is 0.111. The lowest BCUT2D eigenvalue weighted by molar-refractivity contribution is -0.119. The summed E-state index contributed by atoms with van der Waals surface area (Å²) < 4.78 is 0. The average Bonchev–Trinajstić information content (AvgIpc) is 2.85. The first-order chi connectivity index (χ1) is 9.16. The van der Waals surface area contributed by atoms with Crippen LogP contribution in [0.25, 0.3) is 0 Å². The van der Waals surface area contributed by atoms with Gasteiger partial charge in [-0.15, -0.1) is 11.8 Å². The van der Waals surface area contributed by atoms with Crippen LogP contribution in [-0.4, -0.2) is 17.7 Å².